The van der Waals surface area contributed by atoms with Crippen molar-refractivity contribution >= 4 is 22.4 Å². The zero-order chi connectivity index (χ0) is 19.0. The fourth-order valence-electron chi connectivity index (χ4n) is 4.27. The molecule has 0 radical (unpaired) electrons. The predicted octanol–water partition coefficient (Wildman–Crippen LogP) is 2.14. The molecular weight excluding hydrogens is 368 g/mol. The summed E-state index contributed by atoms with van der Waals surface area (Å²) in [7, 11) is 0. The van der Waals surface area contributed by atoms with Crippen molar-refractivity contribution in [3.63, 3.8) is 0 Å². The number of benzene rings is 3. The fourth-order valence-corrected chi connectivity index (χ4v) is 4.27. The molecule has 1 aliphatic carbocycles. The van der Waals surface area contributed by atoms with Crippen molar-refractivity contribution in [1.29, 1.82) is 0 Å². The second-order valence-corrected chi connectivity index (χ2v) is 8.04. The third kappa shape index (κ3) is 3.78. The van der Waals surface area contributed by atoms with E-state index in [9.17, 15) is 4.79 Å². The van der Waals surface area contributed by atoms with Crippen LogP contribution < -0.4 is 23.5 Å². The highest BCUT2D eigenvalue weighted by Gasteiger charge is 2.57. The minimum atomic E-state index is -0.0729. The minimum absolute atomic E-state index is 0. The van der Waals surface area contributed by atoms with Gasteiger partial charge in [-0.25, -0.2) is 0 Å². The molecule has 4 heteroatoms. The number of nitrogens with two attached hydrogens (primary N) is 1. The summed E-state index contributed by atoms with van der Waals surface area (Å²) in [5.74, 6) is 0.295. The monoisotopic (exact) mass is 393 g/mol. The van der Waals surface area contributed by atoms with Crippen LogP contribution >= 0.6 is 0 Å². The van der Waals surface area contributed by atoms with Crippen molar-refractivity contribution in [2.45, 2.75) is 26.3 Å². The van der Waals surface area contributed by atoms with Gasteiger partial charge in [-0.3, -0.25) is 4.79 Å². The third-order valence-corrected chi connectivity index (χ3v) is 6.25. The van der Waals surface area contributed by atoms with Gasteiger partial charge in [-0.15, -0.1) is 0 Å². The van der Waals surface area contributed by atoms with Crippen LogP contribution in [0.5, 0.6) is 0 Å². The van der Waals surface area contributed by atoms with Gasteiger partial charge in [0.1, 0.15) is 0 Å². The van der Waals surface area contributed by atoms with E-state index in [0.29, 0.717) is 5.92 Å². The molecule has 3 aromatic rings. The van der Waals surface area contributed by atoms with E-state index in [1.807, 2.05) is 55.5 Å². The van der Waals surface area contributed by atoms with E-state index in [-0.39, 0.29) is 35.7 Å². The zero-order valence-corrected chi connectivity index (χ0v) is 17.0. The average Bonchev–Trinajstić information content (AvgIpc) is 3.40. The van der Waals surface area contributed by atoms with Crippen molar-refractivity contribution < 1.29 is 17.2 Å². The molecule has 146 valence electrons. The van der Waals surface area contributed by atoms with Gasteiger partial charge in [0.05, 0.1) is 0 Å². The van der Waals surface area contributed by atoms with Crippen molar-refractivity contribution in [1.82, 2.24) is 0 Å². The Balaban J connectivity index is 0.00000225. The maximum Gasteiger partial charge on any atom is 0.227 e. The second-order valence-electron chi connectivity index (χ2n) is 8.04. The Hall–Kier alpha value is -2.36. The van der Waals surface area contributed by atoms with E-state index >= 15 is 0 Å². The SMILES string of the molecule is CC(C(=O)Nc1ccc2ccccc2c1)C1C[C@@]1(C)C(N)c1ccccc1.[Cl-]. The minimum Gasteiger partial charge on any atom is -1.00 e. The number of amides is 1. The average molecular weight is 394 g/mol. The van der Waals surface area contributed by atoms with Crippen LogP contribution in [-0.4, -0.2) is 5.91 Å². The Bertz CT molecular complexity index is 975. The highest BCUT2D eigenvalue weighted by Crippen LogP contribution is 2.62. The summed E-state index contributed by atoms with van der Waals surface area (Å²) in [4.78, 5) is 12.8. The Kier molecular flexibility index (Phi) is 5.78. The van der Waals surface area contributed by atoms with Gasteiger partial charge >= 0.3 is 0 Å². The smallest absolute Gasteiger partial charge is 0.227 e. The first kappa shape index (κ1) is 20.4. The molecule has 3 aromatic carbocycles. The lowest BCUT2D eigenvalue weighted by Crippen LogP contribution is -3.00. The molecule has 0 saturated heterocycles. The van der Waals surface area contributed by atoms with E-state index in [1.54, 1.807) is 0 Å². The van der Waals surface area contributed by atoms with Gasteiger partial charge in [-0.2, -0.15) is 0 Å². The molecule has 3 nitrogen and oxygen atoms in total. The van der Waals surface area contributed by atoms with Gasteiger partial charge in [0.15, 0.2) is 0 Å². The zero-order valence-electron chi connectivity index (χ0n) is 16.2. The van der Waals surface area contributed by atoms with E-state index in [0.717, 1.165) is 23.1 Å². The van der Waals surface area contributed by atoms with Crippen molar-refractivity contribution in [3.05, 3.63) is 78.4 Å². The lowest BCUT2D eigenvalue weighted by atomic mass is 9.87. The standard InChI is InChI=1S/C24H26N2O.ClH/c1-16(21-15-24(21,2)22(25)18-9-4-3-5-10-18)23(27)26-20-13-12-17-8-6-7-11-19(17)14-20;/h3-14,16,21-22H,15,25H2,1-2H3,(H,26,27);1H/p-1/t16?,21?,22?,24-;/m1./s1. The molecule has 0 spiro atoms. The summed E-state index contributed by atoms with van der Waals surface area (Å²) in [6.45, 7) is 4.22. The molecule has 4 rings (SSSR count). The van der Waals surface area contributed by atoms with Gasteiger partial charge < -0.3 is 23.5 Å². The van der Waals surface area contributed by atoms with Crippen LogP contribution in [-0.2, 0) is 4.79 Å². The third-order valence-electron chi connectivity index (χ3n) is 6.25. The van der Waals surface area contributed by atoms with E-state index in [1.165, 1.54) is 5.39 Å². The number of carbonyl (C=O) groups is 1. The normalized spacial score (nSPS) is 22.8. The molecule has 3 N–H and O–H groups in total. The molecule has 28 heavy (non-hydrogen) atoms. The van der Waals surface area contributed by atoms with Gasteiger partial charge in [-0.05, 0) is 46.2 Å². The number of anilines is 1. The maximum absolute atomic E-state index is 12.8. The summed E-state index contributed by atoms with van der Waals surface area (Å²) in [6, 6.07) is 24.4. The number of fused-ring (bicyclic) bond motifs is 1. The molecule has 0 bridgehead atoms. The van der Waals surface area contributed by atoms with Crippen LogP contribution in [0.4, 0.5) is 5.69 Å². The van der Waals surface area contributed by atoms with Crippen LogP contribution in [0.15, 0.2) is 72.8 Å². The molecule has 1 fully saturated rings. The van der Waals surface area contributed by atoms with E-state index in [4.69, 9.17) is 5.73 Å². The van der Waals surface area contributed by atoms with Crippen molar-refractivity contribution in [3.8, 4) is 0 Å². The number of halogens is 1. The molecule has 1 aliphatic rings. The summed E-state index contributed by atoms with van der Waals surface area (Å²) in [5.41, 5.74) is 8.51. The second kappa shape index (κ2) is 7.94. The van der Waals surface area contributed by atoms with Crippen molar-refractivity contribution in [2.24, 2.45) is 23.0 Å². The number of nitrogens with one attached hydrogen (secondary N) is 1. The molecular formula is C24H26ClN2O-. The lowest BCUT2D eigenvalue weighted by Gasteiger charge is -2.23. The molecule has 1 saturated carbocycles. The van der Waals surface area contributed by atoms with Crippen LogP contribution in [0.2, 0.25) is 0 Å². The maximum atomic E-state index is 12.8. The quantitative estimate of drug-likeness (QED) is 0.697. The van der Waals surface area contributed by atoms with Crippen molar-refractivity contribution in [2.75, 3.05) is 5.32 Å². The molecule has 1 amide bonds. The van der Waals surface area contributed by atoms with Crippen LogP contribution in [0.1, 0.15) is 31.9 Å². The molecule has 3 unspecified atom stereocenters. The van der Waals surface area contributed by atoms with Crippen LogP contribution in [0, 0.1) is 17.3 Å². The first-order chi connectivity index (χ1) is 13.0. The largest absolute Gasteiger partial charge is 1.00 e. The molecule has 0 aromatic heterocycles. The lowest BCUT2D eigenvalue weighted by molar-refractivity contribution is -0.120. The first-order valence-electron chi connectivity index (χ1n) is 9.59. The Morgan fingerprint density at radius 3 is 2.39 bits per heavy atom. The summed E-state index contributed by atoms with van der Waals surface area (Å²) >= 11 is 0. The number of carbonyl (C=O) groups excluding carboxylic acids is 1. The summed E-state index contributed by atoms with van der Waals surface area (Å²) in [6.07, 6.45) is 0.982. The first-order valence-corrected chi connectivity index (χ1v) is 9.59. The van der Waals surface area contributed by atoms with E-state index in [2.05, 4.69) is 36.5 Å². The molecule has 0 aliphatic heterocycles. The Labute approximate surface area is 172 Å². The highest BCUT2D eigenvalue weighted by molar-refractivity contribution is 5.95. The van der Waals surface area contributed by atoms with Gasteiger partial charge in [-0.1, -0.05) is 74.5 Å². The Morgan fingerprint density at radius 2 is 1.68 bits per heavy atom. The van der Waals surface area contributed by atoms with Crippen LogP contribution in [0.25, 0.3) is 10.8 Å². The van der Waals surface area contributed by atoms with Gasteiger partial charge in [0.2, 0.25) is 5.91 Å². The van der Waals surface area contributed by atoms with Gasteiger partial charge in [0, 0.05) is 17.6 Å². The molecule has 0 heterocycles. The topological polar surface area (TPSA) is 55.1 Å². The number of hydrogen-bond acceptors (Lipinski definition) is 2. The molecule has 4 atom stereocenters. The summed E-state index contributed by atoms with van der Waals surface area (Å²) in [5, 5.41) is 5.40. The van der Waals surface area contributed by atoms with Gasteiger partial charge in [0.25, 0.3) is 0 Å². The van der Waals surface area contributed by atoms with Crippen LogP contribution in [0.3, 0.4) is 0 Å². The van der Waals surface area contributed by atoms with E-state index < -0.39 is 0 Å². The highest BCUT2D eigenvalue weighted by atomic mass is 35.5. The fraction of sp³-hybridized carbons (Fsp3) is 0.292. The predicted molar refractivity (Wildman–Crippen MR) is 111 cm³/mol. The number of rotatable bonds is 5. The number of hydrogen-bond donors (Lipinski definition) is 2. The Morgan fingerprint density at radius 1 is 1.04 bits per heavy atom. The summed E-state index contributed by atoms with van der Waals surface area (Å²) < 4.78 is 0.